The van der Waals surface area contributed by atoms with E-state index in [2.05, 4.69) is 22.2 Å². The molecule has 2 aromatic rings. The molecule has 100 valence electrons. The van der Waals surface area contributed by atoms with E-state index in [1.165, 1.54) is 16.9 Å². The Morgan fingerprint density at radius 3 is 2.95 bits per heavy atom. The Morgan fingerprint density at radius 2 is 2.21 bits per heavy atom. The summed E-state index contributed by atoms with van der Waals surface area (Å²) in [6.07, 6.45) is 1.09. The maximum Gasteiger partial charge on any atom is 0.171 e. The number of hydrogen-bond acceptors (Lipinski definition) is 5. The molecule has 0 unspecified atom stereocenters. The number of thioether (sulfide) groups is 1. The summed E-state index contributed by atoms with van der Waals surface area (Å²) in [4.78, 5) is 10.4. The van der Waals surface area contributed by atoms with Crippen LogP contribution in [0.4, 0.5) is 5.82 Å². The lowest BCUT2D eigenvalue weighted by Gasteiger charge is -2.10. The number of halogens is 1. The van der Waals surface area contributed by atoms with Gasteiger partial charge in [0.05, 0.1) is 14.9 Å². The van der Waals surface area contributed by atoms with Crippen LogP contribution in [0.1, 0.15) is 24.6 Å². The van der Waals surface area contributed by atoms with E-state index in [4.69, 9.17) is 11.6 Å². The summed E-state index contributed by atoms with van der Waals surface area (Å²) in [5.41, 5.74) is 2.43. The standard InChI is InChI=1S/C13H14ClN3S2/c1-2-5-15-12-8-6-18-7-9(8)16-13(17-12)10-3-4-11(14)19-10/h3-4H,2,5-7H2,1H3,(H,15,16,17). The van der Waals surface area contributed by atoms with E-state index in [9.17, 15) is 0 Å². The summed E-state index contributed by atoms with van der Waals surface area (Å²) in [6, 6.07) is 3.88. The van der Waals surface area contributed by atoms with Crippen molar-refractivity contribution in [3.63, 3.8) is 0 Å². The highest BCUT2D eigenvalue weighted by Crippen LogP contribution is 2.36. The quantitative estimate of drug-likeness (QED) is 0.906. The van der Waals surface area contributed by atoms with Crippen molar-refractivity contribution in [2.45, 2.75) is 24.9 Å². The van der Waals surface area contributed by atoms with E-state index in [0.717, 1.165) is 51.0 Å². The zero-order valence-electron chi connectivity index (χ0n) is 10.6. The summed E-state index contributed by atoms with van der Waals surface area (Å²) in [5, 5.41) is 3.42. The minimum absolute atomic E-state index is 0.775. The lowest BCUT2D eigenvalue weighted by atomic mass is 10.2. The second-order valence-electron chi connectivity index (χ2n) is 4.34. The van der Waals surface area contributed by atoms with Crippen LogP contribution in [0.3, 0.4) is 0 Å². The Labute approximate surface area is 125 Å². The molecule has 3 rings (SSSR count). The average Bonchev–Trinajstić information content (AvgIpc) is 3.03. The van der Waals surface area contributed by atoms with Gasteiger partial charge in [-0.2, -0.15) is 11.8 Å². The molecule has 0 fully saturated rings. The minimum Gasteiger partial charge on any atom is -0.370 e. The fourth-order valence-electron chi connectivity index (χ4n) is 1.99. The van der Waals surface area contributed by atoms with Crippen molar-refractivity contribution in [1.82, 2.24) is 9.97 Å². The van der Waals surface area contributed by atoms with Gasteiger partial charge >= 0.3 is 0 Å². The van der Waals surface area contributed by atoms with E-state index < -0.39 is 0 Å². The number of hydrogen-bond donors (Lipinski definition) is 1. The summed E-state index contributed by atoms with van der Waals surface area (Å²) in [7, 11) is 0. The van der Waals surface area contributed by atoms with Crippen molar-refractivity contribution in [2.24, 2.45) is 0 Å². The van der Waals surface area contributed by atoms with Crippen LogP contribution in [-0.2, 0) is 11.5 Å². The molecule has 0 saturated heterocycles. The number of fused-ring (bicyclic) bond motifs is 1. The first-order valence-corrected chi connectivity index (χ1v) is 8.60. The van der Waals surface area contributed by atoms with Crippen LogP contribution >= 0.6 is 34.7 Å². The third kappa shape index (κ3) is 2.73. The Hall–Kier alpha value is -0.780. The SMILES string of the molecule is CCCNc1nc(-c2ccc(Cl)s2)nc2c1CSC2. The topological polar surface area (TPSA) is 37.8 Å². The van der Waals surface area contributed by atoms with Crippen LogP contribution in [0.15, 0.2) is 12.1 Å². The molecular formula is C13H14ClN3S2. The van der Waals surface area contributed by atoms with E-state index in [1.807, 2.05) is 23.9 Å². The molecule has 1 aliphatic heterocycles. The molecule has 0 aromatic carbocycles. The van der Waals surface area contributed by atoms with E-state index in [-0.39, 0.29) is 0 Å². The molecule has 3 nitrogen and oxygen atoms in total. The molecule has 0 aliphatic carbocycles. The molecule has 19 heavy (non-hydrogen) atoms. The van der Waals surface area contributed by atoms with Gasteiger partial charge in [0, 0.05) is 23.6 Å². The monoisotopic (exact) mass is 311 g/mol. The van der Waals surface area contributed by atoms with Gasteiger partial charge in [0.2, 0.25) is 0 Å². The minimum atomic E-state index is 0.775. The van der Waals surface area contributed by atoms with Crippen molar-refractivity contribution in [3.8, 4) is 10.7 Å². The van der Waals surface area contributed by atoms with Gasteiger partial charge in [0.25, 0.3) is 0 Å². The van der Waals surface area contributed by atoms with Crippen LogP contribution in [0.25, 0.3) is 10.7 Å². The van der Waals surface area contributed by atoms with Crippen LogP contribution < -0.4 is 5.32 Å². The van der Waals surface area contributed by atoms with Crippen LogP contribution in [0.2, 0.25) is 4.34 Å². The lowest BCUT2D eigenvalue weighted by Crippen LogP contribution is -2.07. The molecular weight excluding hydrogens is 298 g/mol. The van der Waals surface area contributed by atoms with Gasteiger partial charge in [-0.05, 0) is 18.6 Å². The van der Waals surface area contributed by atoms with E-state index in [0.29, 0.717) is 0 Å². The van der Waals surface area contributed by atoms with Gasteiger partial charge in [-0.1, -0.05) is 18.5 Å². The van der Waals surface area contributed by atoms with Gasteiger partial charge < -0.3 is 5.32 Å². The molecule has 0 radical (unpaired) electrons. The number of thiophene rings is 1. The molecule has 6 heteroatoms. The first-order valence-electron chi connectivity index (χ1n) is 6.25. The van der Waals surface area contributed by atoms with Crippen molar-refractivity contribution in [2.75, 3.05) is 11.9 Å². The van der Waals surface area contributed by atoms with Crippen molar-refractivity contribution >= 4 is 40.5 Å². The Bertz CT molecular complexity index is 598. The van der Waals surface area contributed by atoms with E-state index in [1.54, 1.807) is 0 Å². The molecule has 0 spiro atoms. The summed E-state index contributed by atoms with van der Waals surface area (Å²) in [6.45, 7) is 3.10. The largest absolute Gasteiger partial charge is 0.370 e. The zero-order chi connectivity index (χ0) is 13.2. The zero-order valence-corrected chi connectivity index (χ0v) is 13.0. The molecule has 0 atom stereocenters. The van der Waals surface area contributed by atoms with Gasteiger partial charge in [0.15, 0.2) is 5.82 Å². The predicted octanol–water partition coefficient (Wildman–Crippen LogP) is 4.43. The van der Waals surface area contributed by atoms with Crippen molar-refractivity contribution in [3.05, 3.63) is 27.7 Å². The Balaban J connectivity index is 2.02. The highest BCUT2D eigenvalue weighted by atomic mass is 35.5. The van der Waals surface area contributed by atoms with Crippen LogP contribution in [-0.4, -0.2) is 16.5 Å². The van der Waals surface area contributed by atoms with Gasteiger partial charge in [-0.15, -0.1) is 11.3 Å². The molecule has 0 amide bonds. The smallest absolute Gasteiger partial charge is 0.171 e. The molecule has 1 aliphatic rings. The van der Waals surface area contributed by atoms with Crippen molar-refractivity contribution < 1.29 is 0 Å². The number of nitrogens with one attached hydrogen (secondary N) is 1. The number of nitrogens with zero attached hydrogens (tertiary/aromatic N) is 2. The van der Waals surface area contributed by atoms with Gasteiger partial charge in [-0.3, -0.25) is 0 Å². The van der Waals surface area contributed by atoms with Crippen LogP contribution in [0, 0.1) is 0 Å². The summed E-state index contributed by atoms with van der Waals surface area (Å²) >= 11 is 9.41. The first-order chi connectivity index (χ1) is 9.28. The maximum absolute atomic E-state index is 5.99. The van der Waals surface area contributed by atoms with Crippen molar-refractivity contribution in [1.29, 1.82) is 0 Å². The molecule has 2 aromatic heterocycles. The molecule has 3 heterocycles. The average molecular weight is 312 g/mol. The Kier molecular flexibility index (Phi) is 3.96. The molecule has 1 N–H and O–H groups in total. The Morgan fingerprint density at radius 1 is 1.32 bits per heavy atom. The van der Waals surface area contributed by atoms with Gasteiger partial charge in [0.1, 0.15) is 5.82 Å². The third-order valence-corrected chi connectivity index (χ3v) is 5.11. The first kappa shape index (κ1) is 13.2. The van der Waals surface area contributed by atoms with Crippen LogP contribution in [0.5, 0.6) is 0 Å². The molecule has 0 saturated carbocycles. The predicted molar refractivity (Wildman–Crippen MR) is 84.1 cm³/mol. The fourth-order valence-corrected chi connectivity index (χ4v) is 4.00. The van der Waals surface area contributed by atoms with E-state index >= 15 is 0 Å². The lowest BCUT2D eigenvalue weighted by molar-refractivity contribution is 0.956. The second kappa shape index (κ2) is 5.69. The number of anilines is 1. The maximum atomic E-state index is 5.99. The third-order valence-electron chi connectivity index (χ3n) is 2.91. The molecule has 0 bridgehead atoms. The fraction of sp³-hybridized carbons (Fsp3) is 0.385. The van der Waals surface area contributed by atoms with Gasteiger partial charge in [-0.25, -0.2) is 9.97 Å². The highest BCUT2D eigenvalue weighted by molar-refractivity contribution is 7.98. The normalized spacial score (nSPS) is 13.6. The number of aromatic nitrogens is 2. The summed E-state index contributed by atoms with van der Waals surface area (Å²) < 4.78 is 0.775. The summed E-state index contributed by atoms with van der Waals surface area (Å²) in [5.74, 6) is 3.77. The highest BCUT2D eigenvalue weighted by Gasteiger charge is 2.20. The number of rotatable bonds is 4. The second-order valence-corrected chi connectivity index (χ2v) is 7.05.